The van der Waals surface area contributed by atoms with Gasteiger partial charge in [0.05, 0.1) is 0 Å². The first-order chi connectivity index (χ1) is 10.2. The quantitative estimate of drug-likeness (QED) is 0.745. The lowest BCUT2D eigenvalue weighted by Crippen LogP contribution is -2.15. The third kappa shape index (κ3) is 1.89. The number of anilines is 1. The summed E-state index contributed by atoms with van der Waals surface area (Å²) < 4.78 is 13.1. The first-order valence-corrected chi connectivity index (χ1v) is 6.86. The van der Waals surface area contributed by atoms with Crippen molar-refractivity contribution in [1.82, 2.24) is 9.38 Å². The Morgan fingerprint density at radius 2 is 1.90 bits per heavy atom. The van der Waals surface area contributed by atoms with Crippen LogP contribution >= 0.6 is 0 Å². The van der Waals surface area contributed by atoms with Crippen molar-refractivity contribution in [2.45, 2.75) is 6.92 Å². The van der Waals surface area contributed by atoms with Gasteiger partial charge < -0.3 is 15.2 Å². The summed E-state index contributed by atoms with van der Waals surface area (Å²) in [5, 5.41) is 0. The molecule has 0 saturated heterocycles. The van der Waals surface area contributed by atoms with Crippen LogP contribution in [0.1, 0.15) is 5.56 Å². The second-order valence-corrected chi connectivity index (χ2v) is 5.14. The predicted molar refractivity (Wildman–Crippen MR) is 80.8 cm³/mol. The van der Waals surface area contributed by atoms with E-state index in [2.05, 4.69) is 4.98 Å². The van der Waals surface area contributed by atoms with Gasteiger partial charge in [0.2, 0.25) is 0 Å². The molecule has 0 amide bonds. The van der Waals surface area contributed by atoms with Crippen LogP contribution in [-0.2, 0) is 0 Å². The molecule has 1 aliphatic rings. The molecule has 2 N–H and O–H groups in total. The van der Waals surface area contributed by atoms with Crippen LogP contribution in [0.4, 0.5) is 5.82 Å². The number of benzene rings is 1. The van der Waals surface area contributed by atoms with E-state index in [-0.39, 0.29) is 0 Å². The van der Waals surface area contributed by atoms with E-state index in [0.29, 0.717) is 19.0 Å². The van der Waals surface area contributed by atoms with Crippen molar-refractivity contribution in [3.8, 4) is 22.8 Å². The lowest BCUT2D eigenvalue weighted by molar-refractivity contribution is 0.171. The Bertz CT molecular complexity index is 839. The molecular formula is C16H15N3O2. The van der Waals surface area contributed by atoms with Gasteiger partial charge in [0.25, 0.3) is 0 Å². The first-order valence-electron chi connectivity index (χ1n) is 6.86. The number of nitrogen functional groups attached to an aromatic ring is 1. The number of nitrogens with two attached hydrogens (primary N) is 1. The van der Waals surface area contributed by atoms with Crippen LogP contribution in [-0.4, -0.2) is 22.6 Å². The topological polar surface area (TPSA) is 61.8 Å². The SMILES string of the molecule is Cc1ccc2nc(-c3ccc4c(c3)OCCO4)c(N)n2c1. The third-order valence-corrected chi connectivity index (χ3v) is 3.62. The van der Waals surface area contributed by atoms with E-state index >= 15 is 0 Å². The molecule has 0 spiro atoms. The van der Waals surface area contributed by atoms with Crippen LogP contribution in [0.2, 0.25) is 0 Å². The van der Waals surface area contributed by atoms with Crippen LogP contribution < -0.4 is 15.2 Å². The van der Waals surface area contributed by atoms with Gasteiger partial charge in [-0.15, -0.1) is 0 Å². The van der Waals surface area contributed by atoms with Gasteiger partial charge in [0.15, 0.2) is 11.5 Å². The Morgan fingerprint density at radius 3 is 2.76 bits per heavy atom. The molecule has 1 aliphatic heterocycles. The molecular weight excluding hydrogens is 266 g/mol. The summed E-state index contributed by atoms with van der Waals surface area (Å²) in [6, 6.07) is 9.78. The van der Waals surface area contributed by atoms with Gasteiger partial charge in [-0.2, -0.15) is 0 Å². The molecule has 0 unspecified atom stereocenters. The summed E-state index contributed by atoms with van der Waals surface area (Å²) in [7, 11) is 0. The van der Waals surface area contributed by atoms with Crippen LogP contribution in [0.25, 0.3) is 16.9 Å². The Balaban J connectivity index is 1.88. The van der Waals surface area contributed by atoms with Crippen molar-refractivity contribution in [2.75, 3.05) is 18.9 Å². The third-order valence-electron chi connectivity index (χ3n) is 3.62. The fraction of sp³-hybridized carbons (Fsp3) is 0.188. The van der Waals surface area contributed by atoms with Crippen molar-refractivity contribution in [1.29, 1.82) is 0 Å². The van der Waals surface area contributed by atoms with Gasteiger partial charge >= 0.3 is 0 Å². The van der Waals surface area contributed by atoms with E-state index in [0.717, 1.165) is 34.0 Å². The molecule has 0 saturated carbocycles. The molecule has 0 atom stereocenters. The average molecular weight is 281 g/mol. The minimum absolute atomic E-state index is 0.566. The Morgan fingerprint density at radius 1 is 1.10 bits per heavy atom. The van der Waals surface area contributed by atoms with Gasteiger partial charge in [0.1, 0.15) is 30.4 Å². The van der Waals surface area contributed by atoms with Crippen LogP contribution in [0.3, 0.4) is 0 Å². The number of pyridine rings is 1. The Labute approximate surface area is 121 Å². The number of ether oxygens (including phenoxy) is 2. The second-order valence-electron chi connectivity index (χ2n) is 5.14. The fourth-order valence-corrected chi connectivity index (χ4v) is 2.57. The van der Waals surface area contributed by atoms with Gasteiger partial charge in [-0.1, -0.05) is 6.07 Å². The molecule has 21 heavy (non-hydrogen) atoms. The number of hydrogen-bond acceptors (Lipinski definition) is 4. The molecule has 0 radical (unpaired) electrons. The summed E-state index contributed by atoms with van der Waals surface area (Å²) in [6.45, 7) is 3.18. The maximum Gasteiger partial charge on any atom is 0.162 e. The summed E-state index contributed by atoms with van der Waals surface area (Å²) in [4.78, 5) is 4.61. The van der Waals surface area contributed by atoms with E-state index in [9.17, 15) is 0 Å². The summed E-state index contributed by atoms with van der Waals surface area (Å²) in [5.74, 6) is 2.14. The normalized spacial score (nSPS) is 13.6. The Kier molecular flexibility index (Phi) is 2.54. The van der Waals surface area contributed by atoms with Gasteiger partial charge in [-0.25, -0.2) is 4.98 Å². The number of rotatable bonds is 1. The van der Waals surface area contributed by atoms with Crippen LogP contribution in [0.15, 0.2) is 36.5 Å². The molecule has 0 bridgehead atoms. The largest absolute Gasteiger partial charge is 0.486 e. The average Bonchev–Trinajstić information content (AvgIpc) is 2.84. The molecule has 3 aromatic rings. The van der Waals surface area contributed by atoms with E-state index in [1.54, 1.807) is 0 Å². The number of nitrogens with zero attached hydrogens (tertiary/aromatic N) is 2. The fourth-order valence-electron chi connectivity index (χ4n) is 2.57. The number of imidazole rings is 1. The molecule has 3 heterocycles. The number of hydrogen-bond donors (Lipinski definition) is 1. The highest BCUT2D eigenvalue weighted by Crippen LogP contribution is 2.36. The molecule has 2 aromatic heterocycles. The zero-order valence-electron chi connectivity index (χ0n) is 11.7. The van der Waals surface area contributed by atoms with E-state index in [4.69, 9.17) is 15.2 Å². The monoisotopic (exact) mass is 281 g/mol. The van der Waals surface area contributed by atoms with Gasteiger partial charge in [-0.3, -0.25) is 4.40 Å². The molecule has 0 fully saturated rings. The lowest BCUT2D eigenvalue weighted by Gasteiger charge is -2.18. The molecule has 5 nitrogen and oxygen atoms in total. The van der Waals surface area contributed by atoms with Crippen molar-refractivity contribution in [3.63, 3.8) is 0 Å². The maximum atomic E-state index is 6.24. The lowest BCUT2D eigenvalue weighted by atomic mass is 10.1. The summed E-state index contributed by atoms with van der Waals surface area (Å²) >= 11 is 0. The highest BCUT2D eigenvalue weighted by Gasteiger charge is 2.16. The van der Waals surface area contributed by atoms with E-state index < -0.39 is 0 Å². The second kappa shape index (κ2) is 4.41. The molecule has 5 heteroatoms. The zero-order valence-corrected chi connectivity index (χ0v) is 11.7. The number of aryl methyl sites for hydroxylation is 1. The smallest absolute Gasteiger partial charge is 0.162 e. The predicted octanol–water partition coefficient (Wildman–Crippen LogP) is 2.66. The highest BCUT2D eigenvalue weighted by atomic mass is 16.6. The Hall–Kier alpha value is -2.69. The molecule has 106 valence electrons. The standard InChI is InChI=1S/C16H15N3O2/c1-10-2-5-14-18-15(16(17)19(14)9-10)11-3-4-12-13(8-11)21-7-6-20-12/h2-5,8-9H,6-7,17H2,1H3. The molecule has 4 rings (SSSR count). The van der Waals surface area contributed by atoms with Crippen molar-refractivity contribution in [2.24, 2.45) is 0 Å². The van der Waals surface area contributed by atoms with Crippen molar-refractivity contribution in [3.05, 3.63) is 42.1 Å². The summed E-state index contributed by atoms with van der Waals surface area (Å²) in [5.41, 5.74) is 9.91. The minimum atomic E-state index is 0.566. The summed E-state index contributed by atoms with van der Waals surface area (Å²) in [6.07, 6.45) is 1.99. The van der Waals surface area contributed by atoms with E-state index in [1.165, 1.54) is 0 Å². The number of fused-ring (bicyclic) bond motifs is 2. The van der Waals surface area contributed by atoms with Crippen LogP contribution in [0, 0.1) is 6.92 Å². The zero-order chi connectivity index (χ0) is 14.4. The highest BCUT2D eigenvalue weighted by molar-refractivity contribution is 5.76. The minimum Gasteiger partial charge on any atom is -0.486 e. The first kappa shape index (κ1) is 12.1. The van der Waals surface area contributed by atoms with Gasteiger partial charge in [-0.05, 0) is 36.8 Å². The molecule has 1 aromatic carbocycles. The number of aromatic nitrogens is 2. The maximum absolute atomic E-state index is 6.24. The van der Waals surface area contributed by atoms with Crippen LogP contribution in [0.5, 0.6) is 11.5 Å². The molecule has 0 aliphatic carbocycles. The van der Waals surface area contributed by atoms with Crippen molar-refractivity contribution >= 4 is 11.5 Å². The van der Waals surface area contributed by atoms with Gasteiger partial charge in [0, 0.05) is 11.8 Å². The van der Waals surface area contributed by atoms with Crippen molar-refractivity contribution < 1.29 is 9.47 Å². The van der Waals surface area contributed by atoms with E-state index in [1.807, 2.05) is 47.9 Å².